The summed E-state index contributed by atoms with van der Waals surface area (Å²) in [7, 11) is 0. The molecule has 1 amide bonds. The Hall–Kier alpha value is -1.58. The molecule has 2 saturated carbocycles. The summed E-state index contributed by atoms with van der Waals surface area (Å²) in [6, 6.07) is 7.97. The molecule has 1 aromatic rings. The minimum atomic E-state index is -0.913. The van der Waals surface area contributed by atoms with Crippen LogP contribution in [-0.2, 0) is 4.79 Å². The number of rotatable bonds is 6. The van der Waals surface area contributed by atoms with E-state index < -0.39 is 11.2 Å². The van der Waals surface area contributed by atoms with Gasteiger partial charge < -0.3 is 10.6 Å². The van der Waals surface area contributed by atoms with Crippen LogP contribution in [0.1, 0.15) is 57.9 Å². The van der Waals surface area contributed by atoms with Crippen LogP contribution >= 0.6 is 0 Å². The number of carbonyl (C=O) groups is 1. The van der Waals surface area contributed by atoms with Crippen molar-refractivity contribution in [3.05, 3.63) is 29.8 Å². The fourth-order valence-electron chi connectivity index (χ4n) is 4.58. The maximum atomic E-state index is 14.6. The number of hydrogen-bond donors (Lipinski definition) is 2. The molecule has 2 aliphatic carbocycles. The summed E-state index contributed by atoms with van der Waals surface area (Å²) in [5.41, 5.74) is 0.502. The maximum absolute atomic E-state index is 14.6. The van der Waals surface area contributed by atoms with Crippen molar-refractivity contribution in [1.29, 1.82) is 0 Å². The van der Waals surface area contributed by atoms with Crippen LogP contribution in [0.15, 0.2) is 24.3 Å². The van der Waals surface area contributed by atoms with Crippen LogP contribution in [0.5, 0.6) is 0 Å². The first-order valence-electron chi connectivity index (χ1n) is 9.58. The van der Waals surface area contributed by atoms with Gasteiger partial charge in [0.05, 0.1) is 0 Å². The Morgan fingerprint density at radius 1 is 1.32 bits per heavy atom. The Bertz CT molecular complexity index is 630. The highest BCUT2D eigenvalue weighted by molar-refractivity contribution is 5.88. The first-order valence-corrected chi connectivity index (χ1v) is 9.58. The molecule has 2 aliphatic rings. The van der Waals surface area contributed by atoms with Gasteiger partial charge >= 0.3 is 0 Å². The molecule has 0 aliphatic heterocycles. The highest BCUT2D eigenvalue weighted by Crippen LogP contribution is 2.50. The van der Waals surface area contributed by atoms with Gasteiger partial charge in [0.15, 0.2) is 0 Å². The third-order valence-corrected chi connectivity index (χ3v) is 5.97. The molecule has 1 aromatic carbocycles. The van der Waals surface area contributed by atoms with E-state index in [9.17, 15) is 9.18 Å². The number of fused-ring (bicyclic) bond motifs is 2. The molecule has 0 heterocycles. The smallest absolute Gasteiger partial charge is 0.245 e. The van der Waals surface area contributed by atoms with Crippen molar-refractivity contribution >= 4 is 11.6 Å². The Labute approximate surface area is 150 Å². The number of hydrogen-bond acceptors (Lipinski definition) is 2. The third-order valence-electron chi connectivity index (χ3n) is 5.97. The second-order valence-electron chi connectivity index (χ2n) is 8.68. The van der Waals surface area contributed by atoms with Gasteiger partial charge in [-0.3, -0.25) is 4.79 Å². The van der Waals surface area contributed by atoms with Crippen molar-refractivity contribution in [1.82, 2.24) is 5.32 Å². The third kappa shape index (κ3) is 4.34. The average molecular weight is 346 g/mol. The summed E-state index contributed by atoms with van der Waals surface area (Å²) < 4.78 is 14.6. The number of aryl methyl sites for hydroxylation is 1. The first kappa shape index (κ1) is 18.2. The largest absolute Gasteiger partial charge is 0.371 e. The van der Waals surface area contributed by atoms with Gasteiger partial charge in [0.25, 0.3) is 0 Å². The van der Waals surface area contributed by atoms with Gasteiger partial charge in [0.2, 0.25) is 5.91 Å². The molecule has 2 N–H and O–H groups in total. The van der Waals surface area contributed by atoms with Crippen molar-refractivity contribution in [2.24, 2.45) is 11.8 Å². The van der Waals surface area contributed by atoms with Crippen LogP contribution in [0.3, 0.4) is 0 Å². The summed E-state index contributed by atoms with van der Waals surface area (Å²) in [5, 5.41) is 6.38. The summed E-state index contributed by atoms with van der Waals surface area (Å²) >= 11 is 0. The predicted octanol–water partition coefficient (Wildman–Crippen LogP) is 4.61. The molecule has 0 aromatic heterocycles. The van der Waals surface area contributed by atoms with E-state index >= 15 is 0 Å². The molecular weight excluding hydrogens is 315 g/mol. The fraction of sp³-hybridized carbons (Fsp3) is 0.667. The van der Waals surface area contributed by atoms with Crippen LogP contribution in [-0.4, -0.2) is 23.7 Å². The minimum Gasteiger partial charge on any atom is -0.371 e. The van der Waals surface area contributed by atoms with E-state index in [0.29, 0.717) is 24.8 Å². The zero-order valence-corrected chi connectivity index (χ0v) is 15.7. The van der Waals surface area contributed by atoms with Gasteiger partial charge in [-0.15, -0.1) is 0 Å². The molecule has 3 rings (SSSR count). The Balaban J connectivity index is 1.48. The zero-order valence-electron chi connectivity index (χ0n) is 15.7. The summed E-state index contributed by atoms with van der Waals surface area (Å²) in [4.78, 5) is 12.6. The average Bonchev–Trinajstić information content (AvgIpc) is 2.82. The highest BCUT2D eigenvalue weighted by Gasteiger charge is 2.45. The van der Waals surface area contributed by atoms with E-state index in [1.807, 2.05) is 45.0 Å². The SMILES string of the molecule is Cc1ccccc1NC(C)(C)C(=O)NCCC1C[C@@H]2CC[C@@](F)(C1)C2. The van der Waals surface area contributed by atoms with Gasteiger partial charge in [0, 0.05) is 12.2 Å². The van der Waals surface area contributed by atoms with Gasteiger partial charge in [-0.1, -0.05) is 18.2 Å². The summed E-state index contributed by atoms with van der Waals surface area (Å²) in [6.45, 7) is 6.45. The molecular formula is C21H31FN2O. The van der Waals surface area contributed by atoms with E-state index in [4.69, 9.17) is 0 Å². The number of amides is 1. The van der Waals surface area contributed by atoms with Gasteiger partial charge in [-0.05, 0) is 82.8 Å². The van der Waals surface area contributed by atoms with E-state index in [1.54, 1.807) is 0 Å². The van der Waals surface area contributed by atoms with Crippen molar-refractivity contribution in [3.8, 4) is 0 Å². The second-order valence-corrected chi connectivity index (χ2v) is 8.68. The molecule has 2 bridgehead atoms. The predicted molar refractivity (Wildman–Crippen MR) is 100 cm³/mol. The molecule has 0 saturated heterocycles. The van der Waals surface area contributed by atoms with Crippen LogP contribution in [0.4, 0.5) is 10.1 Å². The van der Waals surface area contributed by atoms with Crippen molar-refractivity contribution < 1.29 is 9.18 Å². The number of halogens is 1. The van der Waals surface area contributed by atoms with E-state index in [2.05, 4.69) is 10.6 Å². The van der Waals surface area contributed by atoms with Crippen molar-refractivity contribution in [3.63, 3.8) is 0 Å². The lowest BCUT2D eigenvalue weighted by Crippen LogP contribution is -2.48. The van der Waals surface area contributed by atoms with E-state index in [1.165, 1.54) is 0 Å². The van der Waals surface area contributed by atoms with Gasteiger partial charge in [0.1, 0.15) is 11.2 Å². The molecule has 0 spiro atoms. The normalized spacial score (nSPS) is 28.6. The van der Waals surface area contributed by atoms with Gasteiger partial charge in [-0.2, -0.15) is 0 Å². The molecule has 3 atom stereocenters. The topological polar surface area (TPSA) is 41.1 Å². The fourth-order valence-corrected chi connectivity index (χ4v) is 4.58. The lowest BCUT2D eigenvalue weighted by atomic mass is 9.78. The molecule has 1 unspecified atom stereocenters. The lowest BCUT2D eigenvalue weighted by molar-refractivity contribution is -0.124. The van der Waals surface area contributed by atoms with Crippen molar-refractivity contribution in [2.45, 2.75) is 70.5 Å². The number of para-hydroxylation sites is 1. The number of alkyl halides is 1. The number of carbonyl (C=O) groups excluding carboxylic acids is 1. The van der Waals surface area contributed by atoms with E-state index in [0.717, 1.165) is 43.4 Å². The zero-order chi connectivity index (χ0) is 18.1. The van der Waals surface area contributed by atoms with E-state index in [-0.39, 0.29) is 5.91 Å². The quantitative estimate of drug-likeness (QED) is 0.790. The van der Waals surface area contributed by atoms with Gasteiger partial charge in [-0.25, -0.2) is 4.39 Å². The molecule has 3 nitrogen and oxygen atoms in total. The standard InChI is InChI=1S/C21H31FN2O/c1-15-6-4-5-7-18(15)24-20(2,3)19(25)23-11-9-17-12-16-8-10-21(22,13-16)14-17/h4-7,16-17,24H,8-14H2,1-3H3,(H,23,25)/t16-,17?,21-/m0/s1. The summed E-state index contributed by atoms with van der Waals surface area (Å²) in [6.07, 6.45) is 5.26. The maximum Gasteiger partial charge on any atom is 0.245 e. The monoisotopic (exact) mass is 346 g/mol. The van der Waals surface area contributed by atoms with Crippen LogP contribution in [0.2, 0.25) is 0 Å². The van der Waals surface area contributed by atoms with Crippen LogP contribution < -0.4 is 10.6 Å². The Morgan fingerprint density at radius 3 is 2.80 bits per heavy atom. The van der Waals surface area contributed by atoms with Crippen molar-refractivity contribution in [2.75, 3.05) is 11.9 Å². The second kappa shape index (κ2) is 6.97. The molecule has 0 radical (unpaired) electrons. The van der Waals surface area contributed by atoms with Crippen LogP contribution in [0, 0.1) is 18.8 Å². The number of benzene rings is 1. The summed E-state index contributed by atoms with van der Waals surface area (Å²) in [5.74, 6) is 0.974. The highest BCUT2D eigenvalue weighted by atomic mass is 19.1. The Kier molecular flexibility index (Phi) is 5.08. The Morgan fingerprint density at radius 2 is 2.08 bits per heavy atom. The molecule has 138 valence electrons. The lowest BCUT2D eigenvalue weighted by Gasteiger charge is -2.32. The molecule has 25 heavy (non-hydrogen) atoms. The number of nitrogens with one attached hydrogen (secondary N) is 2. The minimum absolute atomic E-state index is 0.00973. The molecule has 2 fully saturated rings. The number of anilines is 1. The first-order chi connectivity index (χ1) is 11.8. The molecule has 4 heteroatoms. The van der Waals surface area contributed by atoms with Crippen LogP contribution in [0.25, 0.3) is 0 Å².